The van der Waals surface area contributed by atoms with Gasteiger partial charge >= 0.3 is 0 Å². The van der Waals surface area contributed by atoms with E-state index in [1.54, 1.807) is 0 Å². The number of hydrogen-bond donors (Lipinski definition) is 1. The number of ether oxygens (including phenoxy) is 1. The lowest BCUT2D eigenvalue weighted by Gasteiger charge is -2.54. The zero-order valence-corrected chi connectivity index (χ0v) is 21.5. The summed E-state index contributed by atoms with van der Waals surface area (Å²) in [6.45, 7) is 2.51. The van der Waals surface area contributed by atoms with Gasteiger partial charge in [-0.2, -0.15) is 0 Å². The van der Waals surface area contributed by atoms with Crippen LogP contribution in [0.15, 0.2) is 65.8 Å². The van der Waals surface area contributed by atoms with Crippen LogP contribution in [0.5, 0.6) is 0 Å². The van der Waals surface area contributed by atoms with Crippen LogP contribution in [0.25, 0.3) is 10.8 Å². The summed E-state index contributed by atoms with van der Waals surface area (Å²) in [7, 11) is -3.22. The Morgan fingerprint density at radius 1 is 1.03 bits per heavy atom. The van der Waals surface area contributed by atoms with Gasteiger partial charge in [-0.1, -0.05) is 61.5 Å². The van der Waals surface area contributed by atoms with Gasteiger partial charge in [-0.25, -0.2) is 13.1 Å². The van der Waals surface area contributed by atoms with E-state index in [0.717, 1.165) is 38.5 Å². The van der Waals surface area contributed by atoms with E-state index in [1.165, 1.54) is 46.6 Å². The van der Waals surface area contributed by atoms with Gasteiger partial charge in [0.2, 0.25) is 10.0 Å². The molecule has 35 heavy (non-hydrogen) atoms. The van der Waals surface area contributed by atoms with Crippen LogP contribution in [0.4, 0.5) is 0 Å². The van der Waals surface area contributed by atoms with Crippen LogP contribution in [0.1, 0.15) is 69.8 Å². The van der Waals surface area contributed by atoms with E-state index >= 15 is 0 Å². The minimum absolute atomic E-state index is 0.0354. The summed E-state index contributed by atoms with van der Waals surface area (Å²) in [6, 6.07) is 15.7. The molecule has 5 aliphatic rings. The van der Waals surface area contributed by atoms with Gasteiger partial charge in [-0.05, 0) is 96.1 Å². The Morgan fingerprint density at radius 3 is 2.69 bits per heavy atom. The molecular formula is C30H35NO3S. The largest absolute Gasteiger partial charge is 0.359 e. The van der Waals surface area contributed by atoms with E-state index < -0.39 is 10.0 Å². The molecule has 0 aromatic heterocycles. The molecule has 2 heterocycles. The maximum absolute atomic E-state index is 12.0. The Balaban J connectivity index is 1.24. The summed E-state index contributed by atoms with van der Waals surface area (Å²) in [6.07, 6.45) is 14.3. The van der Waals surface area contributed by atoms with Crippen LogP contribution < -0.4 is 4.72 Å². The van der Waals surface area contributed by atoms with Crippen LogP contribution in [-0.4, -0.2) is 31.9 Å². The number of nitrogens with one attached hydrogen (secondary N) is 1. The number of benzene rings is 2. The van der Waals surface area contributed by atoms with E-state index in [2.05, 4.69) is 66.3 Å². The molecule has 7 rings (SSSR count). The predicted molar refractivity (Wildman–Crippen MR) is 140 cm³/mol. The first-order valence-electron chi connectivity index (χ1n) is 13.3. The molecule has 2 aromatic rings. The number of rotatable bonds is 3. The third-order valence-electron chi connectivity index (χ3n) is 10.2. The second-order valence-electron chi connectivity index (χ2n) is 12.1. The third kappa shape index (κ3) is 3.20. The fraction of sp³-hybridized carbons (Fsp3) is 0.533. The second-order valence-corrected chi connectivity index (χ2v) is 13.9. The van der Waals surface area contributed by atoms with Crippen molar-refractivity contribution in [2.75, 3.05) is 6.26 Å². The topological polar surface area (TPSA) is 55.4 Å². The Bertz CT molecular complexity index is 1390. The first kappa shape index (κ1) is 22.3. The molecule has 0 amide bonds. The number of sulfonamides is 1. The average molecular weight is 490 g/mol. The molecular weight excluding hydrogens is 454 g/mol. The highest BCUT2D eigenvalue weighted by Crippen LogP contribution is 2.69. The molecule has 1 saturated heterocycles. The minimum Gasteiger partial charge on any atom is -0.359 e. The van der Waals surface area contributed by atoms with Crippen molar-refractivity contribution >= 4 is 20.8 Å². The molecule has 1 N–H and O–H groups in total. The van der Waals surface area contributed by atoms with Crippen molar-refractivity contribution in [3.05, 3.63) is 71.3 Å². The van der Waals surface area contributed by atoms with Crippen LogP contribution >= 0.6 is 0 Å². The lowest BCUT2D eigenvalue weighted by molar-refractivity contribution is -0.135. The molecule has 5 heteroatoms. The van der Waals surface area contributed by atoms with Crippen molar-refractivity contribution in [3.63, 3.8) is 0 Å². The third-order valence-corrected chi connectivity index (χ3v) is 11.0. The molecule has 184 valence electrons. The lowest BCUT2D eigenvalue weighted by atomic mass is 9.58. The highest BCUT2D eigenvalue weighted by molar-refractivity contribution is 7.88. The van der Waals surface area contributed by atoms with Crippen LogP contribution in [-0.2, 0) is 14.8 Å². The summed E-state index contributed by atoms with van der Waals surface area (Å²) in [4.78, 5) is 0. The van der Waals surface area contributed by atoms with Gasteiger partial charge in [0.15, 0.2) is 0 Å². The van der Waals surface area contributed by atoms with Gasteiger partial charge in [-0.3, -0.25) is 0 Å². The van der Waals surface area contributed by atoms with E-state index in [-0.39, 0.29) is 22.7 Å². The van der Waals surface area contributed by atoms with Crippen molar-refractivity contribution in [1.82, 2.24) is 4.72 Å². The van der Waals surface area contributed by atoms with Gasteiger partial charge in [0.05, 0.1) is 17.5 Å². The number of hydrogen-bond acceptors (Lipinski definition) is 3. The number of fused-ring (bicyclic) bond motifs is 2. The molecule has 1 unspecified atom stereocenters. The molecule has 0 radical (unpaired) electrons. The first-order chi connectivity index (χ1) is 16.7. The fourth-order valence-corrected chi connectivity index (χ4v) is 9.59. The SMILES string of the molecule is C[C@]12CC=C3C=C4CC[C@H](NS(C)(=O)=O)CC45CC[C@]3(O5)[C@@H]1CC[C@@H]2c1ccc2ccccc2c1. The minimum atomic E-state index is -3.22. The number of allylic oxidation sites excluding steroid dienone is 1. The van der Waals surface area contributed by atoms with Crippen molar-refractivity contribution in [1.29, 1.82) is 0 Å². The first-order valence-corrected chi connectivity index (χ1v) is 15.2. The molecule has 2 aliphatic heterocycles. The van der Waals surface area contributed by atoms with Crippen LogP contribution in [0, 0.1) is 11.3 Å². The molecule has 2 bridgehead atoms. The molecule has 6 atom stereocenters. The van der Waals surface area contributed by atoms with Crippen molar-refractivity contribution < 1.29 is 13.2 Å². The Morgan fingerprint density at radius 2 is 1.86 bits per heavy atom. The molecule has 4 nitrogen and oxygen atoms in total. The standard InChI is InChI=1S/C30H35NO3S/c1-28-14-13-24-18-23-9-10-25(31-35(2,32)33)19-29(23)15-16-30(24,34-29)27(28)12-11-26(28)22-8-7-20-5-3-4-6-21(20)17-22/h3-8,13,17-18,25-27,31H,9-12,14-16,19H2,1-2H3/t25-,26+,27+,28+,29?,30+/m0/s1. The van der Waals surface area contributed by atoms with Crippen LogP contribution in [0.3, 0.4) is 0 Å². The van der Waals surface area contributed by atoms with Crippen molar-refractivity contribution in [2.45, 2.75) is 81.5 Å². The fourth-order valence-electron chi connectivity index (χ4n) is 8.78. The van der Waals surface area contributed by atoms with E-state index in [0.29, 0.717) is 11.8 Å². The monoisotopic (exact) mass is 489 g/mol. The predicted octanol–water partition coefficient (Wildman–Crippen LogP) is 6.00. The highest BCUT2D eigenvalue weighted by Gasteiger charge is 2.66. The summed E-state index contributed by atoms with van der Waals surface area (Å²) in [5.41, 5.74) is 3.94. The zero-order valence-electron chi connectivity index (χ0n) is 20.7. The molecule has 2 aromatic carbocycles. The van der Waals surface area contributed by atoms with Gasteiger partial charge in [0.1, 0.15) is 0 Å². The lowest BCUT2D eigenvalue weighted by Crippen LogP contribution is -2.55. The second kappa shape index (κ2) is 7.30. The summed E-state index contributed by atoms with van der Waals surface area (Å²) < 4.78 is 34.1. The van der Waals surface area contributed by atoms with Gasteiger partial charge in [-0.15, -0.1) is 0 Å². The quantitative estimate of drug-likeness (QED) is 0.575. The maximum atomic E-state index is 12.0. The van der Waals surface area contributed by atoms with Crippen molar-refractivity contribution in [2.24, 2.45) is 11.3 Å². The van der Waals surface area contributed by atoms with Gasteiger partial charge < -0.3 is 4.74 Å². The summed E-state index contributed by atoms with van der Waals surface area (Å²) in [5.74, 6) is 1.02. The maximum Gasteiger partial charge on any atom is 0.208 e. The highest BCUT2D eigenvalue weighted by atomic mass is 32.2. The van der Waals surface area contributed by atoms with Crippen molar-refractivity contribution in [3.8, 4) is 0 Å². The Hall–Kier alpha value is -1.95. The van der Waals surface area contributed by atoms with E-state index in [4.69, 9.17) is 4.74 Å². The molecule has 3 fully saturated rings. The van der Waals surface area contributed by atoms with E-state index in [1.807, 2.05) is 0 Å². The molecule has 3 aliphatic carbocycles. The molecule has 2 spiro atoms. The van der Waals surface area contributed by atoms with Crippen LogP contribution in [0.2, 0.25) is 0 Å². The smallest absolute Gasteiger partial charge is 0.208 e. The normalized spacial score (nSPS) is 40.0. The van der Waals surface area contributed by atoms with Gasteiger partial charge in [0.25, 0.3) is 0 Å². The van der Waals surface area contributed by atoms with E-state index in [9.17, 15) is 8.42 Å². The molecule has 2 saturated carbocycles. The van der Waals surface area contributed by atoms with Gasteiger partial charge in [0, 0.05) is 6.04 Å². The summed E-state index contributed by atoms with van der Waals surface area (Å²) in [5, 5.41) is 2.64. The Kier molecular flexibility index (Phi) is 4.64. The average Bonchev–Trinajstić information content (AvgIpc) is 3.33. The summed E-state index contributed by atoms with van der Waals surface area (Å²) >= 11 is 0. The zero-order chi connectivity index (χ0) is 24.1. The Labute approximate surface area is 208 Å².